The van der Waals surface area contributed by atoms with Crippen molar-refractivity contribution in [1.29, 1.82) is 0 Å². The fraction of sp³-hybridized carbons (Fsp3) is 0.963. The lowest BCUT2D eigenvalue weighted by atomic mass is 10.0. The Morgan fingerprint density at radius 2 is 0.697 bits per heavy atom. The van der Waals surface area contributed by atoms with E-state index in [2.05, 4.69) is 88.2 Å². The van der Waals surface area contributed by atoms with Crippen LogP contribution in [0.25, 0.3) is 0 Å². The molecule has 0 heterocycles. The lowest BCUT2D eigenvalue weighted by Gasteiger charge is -2.21. The predicted octanol–water partition coefficient (Wildman–Crippen LogP) is 8.77. The molecule has 4 N–H and O–H groups in total. The summed E-state index contributed by atoms with van der Waals surface area (Å²) in [6.07, 6.45) is 0. The second-order valence-corrected chi connectivity index (χ2v) is 13.5. The third-order valence-electron chi connectivity index (χ3n) is 2.12. The van der Waals surface area contributed by atoms with Crippen LogP contribution in [-0.2, 0) is 0 Å². The molecule has 0 aliphatic carbocycles. The van der Waals surface area contributed by atoms with Crippen LogP contribution in [0.5, 0.6) is 0 Å². The zero-order chi connectivity index (χ0) is 26.4. The van der Waals surface area contributed by atoms with E-state index >= 15 is 0 Å². The number of nitrogens with one attached hydrogen (secondary N) is 1. The van der Waals surface area contributed by atoms with E-state index in [9.17, 15) is 0 Å². The molecular weight excluding hydrogens is 414 g/mol. The highest BCUT2D eigenvalue weighted by Crippen LogP contribution is 2.08. The largest absolute Gasteiger partial charge is 0.315 e. The predicted molar refractivity (Wildman–Crippen MR) is 153 cm³/mol. The first-order valence-corrected chi connectivity index (χ1v) is 10.6. The number of hydrogen-bond donors (Lipinski definition) is 4. The van der Waals surface area contributed by atoms with Crippen molar-refractivity contribution in [1.82, 2.24) is 10.5 Å². The molecule has 0 spiro atoms. The van der Waals surface area contributed by atoms with Gasteiger partial charge >= 0.3 is 0 Å². The minimum atomic E-state index is -0.556. The third kappa shape index (κ3) is 131. The Bertz CT molecular complexity index is 377. The molecular formula is C27H72N3O3+. The molecule has 33 heavy (non-hydrogen) atoms. The van der Waals surface area contributed by atoms with E-state index in [1.807, 2.05) is 27.8 Å². The molecule has 0 unspecified atom stereocenters. The van der Waals surface area contributed by atoms with E-state index in [1.54, 1.807) is 20.8 Å². The van der Waals surface area contributed by atoms with Crippen LogP contribution in [0.2, 0.25) is 0 Å². The minimum Gasteiger partial charge on any atom is -0.315 e. The Hall–Kier alpha value is -0.690. The molecule has 212 valence electrons. The summed E-state index contributed by atoms with van der Waals surface area (Å²) in [5.41, 5.74) is 0.514. The van der Waals surface area contributed by atoms with Crippen LogP contribution in [0.3, 0.4) is 0 Å². The monoisotopic (exact) mass is 487 g/mol. The maximum absolute atomic E-state index is 8.61. The number of hydrogen-bond acceptors (Lipinski definition) is 5. The molecule has 0 aromatic heterocycles. The lowest BCUT2D eigenvalue weighted by Crippen LogP contribution is -2.35. The molecule has 0 saturated heterocycles. The molecule has 6 nitrogen and oxygen atoms in total. The number of hydroxylamine groups is 3. The van der Waals surface area contributed by atoms with Crippen molar-refractivity contribution in [3.8, 4) is 0 Å². The van der Waals surface area contributed by atoms with Gasteiger partial charge in [0.1, 0.15) is 0 Å². The van der Waals surface area contributed by atoms with Gasteiger partial charge in [-0.2, -0.15) is 0 Å². The van der Waals surface area contributed by atoms with Crippen LogP contribution in [0.15, 0.2) is 0 Å². The maximum atomic E-state index is 8.61. The maximum Gasteiger partial charge on any atom is 0.202 e. The van der Waals surface area contributed by atoms with Gasteiger partial charge in [-0.25, -0.2) is 0 Å². The van der Waals surface area contributed by atoms with Crippen molar-refractivity contribution in [2.45, 2.75) is 157 Å². The van der Waals surface area contributed by atoms with Gasteiger partial charge in [0.05, 0.1) is 5.54 Å². The Morgan fingerprint density at radius 1 is 0.606 bits per heavy atom. The van der Waals surface area contributed by atoms with Crippen molar-refractivity contribution in [3.63, 3.8) is 0 Å². The molecule has 6 heteroatoms. The fourth-order valence-electron chi connectivity index (χ4n) is 0. The first-order valence-electron chi connectivity index (χ1n) is 10.6. The quantitative estimate of drug-likeness (QED) is 0.119. The highest BCUT2D eigenvalue weighted by atomic mass is 16.8. The standard InChI is InChI=1S/C5H12NO.C5H13N.2C5H12.C4H11NO2.3CH4/c1-5(2,3)6(4)7;1-5(2,3)6-4;2*1-5(2,3)4;1-4(2,3)5(6)7;;;/h7H,4H2,1-3H3;6H,1-4H3;2*1-4H3;6-7H,1-3H3;3*1H4/q+1;;;;;;;. The zero-order valence-electron chi connectivity index (χ0n) is 23.9. The summed E-state index contributed by atoms with van der Waals surface area (Å²) in [5.74, 6) is 0. The van der Waals surface area contributed by atoms with Crippen LogP contribution in [-0.4, -0.2) is 56.0 Å². The molecule has 0 aromatic rings. The molecule has 0 rings (SSSR count). The molecule has 0 bridgehead atoms. The van der Waals surface area contributed by atoms with Gasteiger partial charge < -0.3 is 5.32 Å². The molecule has 0 aliphatic heterocycles. The average molecular weight is 487 g/mol. The molecule has 0 saturated carbocycles. The first kappa shape index (κ1) is 53.6. The van der Waals surface area contributed by atoms with Crippen LogP contribution >= 0.6 is 0 Å². The average Bonchev–Trinajstić information content (AvgIpc) is 2.32. The van der Waals surface area contributed by atoms with Crippen molar-refractivity contribution in [3.05, 3.63) is 0 Å². The summed E-state index contributed by atoms with van der Waals surface area (Å²) in [7, 11) is 1.96. The SMILES string of the molecule is C.C.C.C=[N+](O)C(C)(C)C.CC(C)(C)C.CC(C)(C)C.CC(C)(C)N(O)O.CNC(C)(C)C. The van der Waals surface area contributed by atoms with Crippen LogP contribution < -0.4 is 5.32 Å². The van der Waals surface area contributed by atoms with Crippen molar-refractivity contribution < 1.29 is 20.4 Å². The summed E-state index contributed by atoms with van der Waals surface area (Å²) in [6, 6.07) is 0. The molecule has 0 aromatic carbocycles. The first-order chi connectivity index (χ1) is 12.4. The molecule has 0 radical (unpaired) electrons. The van der Waals surface area contributed by atoms with E-state index in [0.717, 1.165) is 4.74 Å². The smallest absolute Gasteiger partial charge is 0.202 e. The third-order valence-corrected chi connectivity index (χ3v) is 2.12. The molecule has 0 atom stereocenters. The van der Waals surface area contributed by atoms with Crippen LogP contribution in [0.1, 0.15) is 140 Å². The van der Waals surface area contributed by atoms with Gasteiger partial charge in [0, 0.05) is 26.3 Å². The summed E-state index contributed by atoms with van der Waals surface area (Å²) < 4.78 is 0.938. The highest BCUT2D eigenvalue weighted by molar-refractivity contribution is 5.14. The van der Waals surface area contributed by atoms with Gasteiger partial charge in [-0.1, -0.05) is 82.9 Å². The molecule has 0 aliphatic rings. The highest BCUT2D eigenvalue weighted by Gasteiger charge is 2.20. The van der Waals surface area contributed by atoms with E-state index in [1.165, 1.54) is 0 Å². The second kappa shape index (κ2) is 21.8. The Balaban J connectivity index is -0.0000000389. The lowest BCUT2D eigenvalue weighted by molar-refractivity contribution is -0.814. The van der Waals surface area contributed by atoms with Gasteiger partial charge in [0.25, 0.3) is 0 Å². The summed E-state index contributed by atoms with van der Waals surface area (Å²) >= 11 is 0. The van der Waals surface area contributed by atoms with E-state index in [0.29, 0.717) is 16.4 Å². The summed E-state index contributed by atoms with van der Waals surface area (Å²) in [4.78, 5) is 0. The van der Waals surface area contributed by atoms with Gasteiger partial charge in [-0.15, -0.1) is 0 Å². The Kier molecular flexibility index (Phi) is 35.4. The van der Waals surface area contributed by atoms with Crippen molar-refractivity contribution in [2.24, 2.45) is 10.8 Å². The number of nitrogens with zero attached hydrogens (tertiary/aromatic N) is 2. The normalized spacial score (nSPS) is 10.9. The topological polar surface area (TPSA) is 79.0 Å². The van der Waals surface area contributed by atoms with E-state index < -0.39 is 5.54 Å². The Labute approximate surface area is 212 Å². The van der Waals surface area contributed by atoms with Gasteiger partial charge in [-0.05, 0) is 64.2 Å². The summed E-state index contributed by atoms with van der Waals surface area (Å²) in [6.45, 7) is 37.9. The van der Waals surface area contributed by atoms with E-state index in [4.69, 9.17) is 15.6 Å². The van der Waals surface area contributed by atoms with Crippen molar-refractivity contribution >= 4 is 6.72 Å². The molecule has 0 amide bonds. The minimum absolute atomic E-state index is 0. The fourth-order valence-corrected chi connectivity index (χ4v) is 0. The Morgan fingerprint density at radius 3 is 0.697 bits per heavy atom. The zero-order valence-corrected chi connectivity index (χ0v) is 23.9. The summed E-state index contributed by atoms with van der Waals surface area (Å²) in [5, 5.41) is 28.5. The second-order valence-electron chi connectivity index (χ2n) is 13.5. The van der Waals surface area contributed by atoms with Gasteiger partial charge in [0.2, 0.25) is 5.54 Å². The van der Waals surface area contributed by atoms with Gasteiger partial charge in [0.15, 0.2) is 6.72 Å². The number of rotatable bonds is 0. The van der Waals surface area contributed by atoms with Crippen molar-refractivity contribution in [2.75, 3.05) is 7.05 Å². The van der Waals surface area contributed by atoms with Crippen LogP contribution in [0, 0.1) is 10.8 Å². The van der Waals surface area contributed by atoms with E-state index in [-0.39, 0.29) is 33.0 Å². The van der Waals surface area contributed by atoms with Crippen LogP contribution in [0.4, 0.5) is 0 Å². The van der Waals surface area contributed by atoms with Gasteiger partial charge in [-0.3, -0.25) is 15.6 Å². The molecule has 0 fully saturated rings.